The van der Waals surface area contributed by atoms with Crippen LogP contribution in [0.5, 0.6) is 0 Å². The third-order valence-electron chi connectivity index (χ3n) is 4.17. The van der Waals surface area contributed by atoms with Gasteiger partial charge in [-0.15, -0.1) is 0 Å². The molecule has 0 aliphatic rings. The van der Waals surface area contributed by atoms with E-state index in [9.17, 15) is 9.59 Å². The van der Waals surface area contributed by atoms with Crippen molar-refractivity contribution in [2.75, 3.05) is 0 Å². The molecule has 0 atom stereocenters. The van der Waals surface area contributed by atoms with Crippen molar-refractivity contribution < 1.29 is 14.1 Å². The Balaban J connectivity index is 1.34. The fourth-order valence-electron chi connectivity index (χ4n) is 2.75. The Morgan fingerprint density at radius 2 is 1.90 bits per heavy atom. The van der Waals surface area contributed by atoms with Gasteiger partial charge in [0.05, 0.1) is 22.3 Å². The van der Waals surface area contributed by atoms with Crippen molar-refractivity contribution >= 4 is 28.5 Å². The van der Waals surface area contributed by atoms with E-state index in [1.165, 1.54) is 0 Å². The van der Waals surface area contributed by atoms with Gasteiger partial charge in [-0.2, -0.15) is 4.98 Å². The molecule has 8 nitrogen and oxygen atoms in total. The van der Waals surface area contributed by atoms with Crippen molar-refractivity contribution in [1.82, 2.24) is 20.1 Å². The Labute approximate surface area is 169 Å². The van der Waals surface area contributed by atoms with Gasteiger partial charge in [-0.05, 0) is 24.3 Å². The number of carbonyl (C=O) groups excluding carboxylic acids is 1. The van der Waals surface area contributed by atoms with E-state index in [0.29, 0.717) is 33.1 Å². The Hall–Kier alpha value is -3.52. The second kappa shape index (κ2) is 8.24. The van der Waals surface area contributed by atoms with Crippen molar-refractivity contribution in [1.29, 1.82) is 0 Å². The average molecular weight is 411 g/mol. The molecule has 146 valence electrons. The number of fused-ring (bicyclic) bond motifs is 1. The maximum atomic E-state index is 12.0. The van der Waals surface area contributed by atoms with Crippen LogP contribution in [0.25, 0.3) is 22.3 Å². The number of aromatic amines is 1. The molecule has 2 aromatic heterocycles. The molecule has 0 aliphatic carbocycles. The number of benzene rings is 2. The lowest BCUT2D eigenvalue weighted by atomic mass is 10.2. The van der Waals surface area contributed by atoms with Gasteiger partial charge in [0.15, 0.2) is 6.61 Å². The normalized spacial score (nSPS) is 10.9. The van der Waals surface area contributed by atoms with Gasteiger partial charge in [0, 0.05) is 12.0 Å². The summed E-state index contributed by atoms with van der Waals surface area (Å²) in [4.78, 5) is 35.3. The van der Waals surface area contributed by atoms with Crippen molar-refractivity contribution in [3.05, 3.63) is 75.6 Å². The van der Waals surface area contributed by atoms with Crippen LogP contribution < -0.4 is 5.56 Å². The predicted octanol–water partition coefficient (Wildman–Crippen LogP) is 3.30. The summed E-state index contributed by atoms with van der Waals surface area (Å²) in [7, 11) is 0. The first-order valence-electron chi connectivity index (χ1n) is 8.81. The highest BCUT2D eigenvalue weighted by atomic mass is 35.5. The number of para-hydroxylation sites is 1. The van der Waals surface area contributed by atoms with E-state index >= 15 is 0 Å². The average Bonchev–Trinajstić information content (AvgIpc) is 3.20. The topological polar surface area (TPSA) is 111 Å². The summed E-state index contributed by atoms with van der Waals surface area (Å²) < 4.78 is 10.3. The number of halogens is 1. The van der Waals surface area contributed by atoms with Gasteiger partial charge < -0.3 is 14.2 Å². The third kappa shape index (κ3) is 4.33. The van der Waals surface area contributed by atoms with E-state index < -0.39 is 5.97 Å². The van der Waals surface area contributed by atoms with Gasteiger partial charge in [-0.25, -0.2) is 4.98 Å². The van der Waals surface area contributed by atoms with Gasteiger partial charge in [-0.1, -0.05) is 41.0 Å². The number of hydrogen-bond acceptors (Lipinski definition) is 7. The molecule has 0 aliphatic heterocycles. The standard InChI is InChI=1S/C20H15ClN4O4/c21-14-7-3-1-5-12(14)19-24-17(29-25-19)11-28-18(26)10-9-16-22-15-8-4-2-6-13(15)20(27)23-16/h1-8H,9-11H2,(H,22,23,27). The van der Waals surface area contributed by atoms with Crippen LogP contribution in [0.3, 0.4) is 0 Å². The Bertz CT molecular complexity index is 1230. The predicted molar refractivity (Wildman–Crippen MR) is 105 cm³/mol. The number of H-pyrrole nitrogens is 1. The number of aryl methyl sites for hydroxylation is 1. The molecule has 2 heterocycles. The third-order valence-corrected chi connectivity index (χ3v) is 4.50. The van der Waals surface area contributed by atoms with E-state index in [1.807, 2.05) is 6.07 Å². The van der Waals surface area contributed by atoms with Gasteiger partial charge in [0.1, 0.15) is 5.82 Å². The molecule has 0 amide bonds. The van der Waals surface area contributed by atoms with Crippen LogP contribution in [-0.4, -0.2) is 26.1 Å². The lowest BCUT2D eigenvalue weighted by Gasteiger charge is -2.03. The largest absolute Gasteiger partial charge is 0.456 e. The molecule has 9 heteroatoms. The number of hydrogen-bond donors (Lipinski definition) is 1. The van der Waals surface area contributed by atoms with E-state index in [0.717, 1.165) is 0 Å². The summed E-state index contributed by atoms with van der Waals surface area (Å²) in [5.41, 5.74) is 0.969. The first kappa shape index (κ1) is 18.8. The molecule has 0 spiro atoms. The fourth-order valence-corrected chi connectivity index (χ4v) is 2.97. The number of rotatable bonds is 6. The SMILES string of the molecule is O=C(CCc1nc2ccccc2c(=O)[nH]1)OCc1nc(-c2ccccc2Cl)no1. The molecule has 29 heavy (non-hydrogen) atoms. The van der Waals surface area contributed by atoms with Crippen LogP contribution in [0.4, 0.5) is 0 Å². The Kier molecular flexibility index (Phi) is 5.35. The zero-order valence-corrected chi connectivity index (χ0v) is 15.8. The van der Waals surface area contributed by atoms with Crippen LogP contribution >= 0.6 is 11.6 Å². The first-order chi connectivity index (χ1) is 14.1. The van der Waals surface area contributed by atoms with Gasteiger partial charge >= 0.3 is 5.97 Å². The number of nitrogens with zero attached hydrogens (tertiary/aromatic N) is 3. The van der Waals surface area contributed by atoms with Crippen LogP contribution in [0.15, 0.2) is 57.8 Å². The Morgan fingerprint density at radius 3 is 2.76 bits per heavy atom. The second-order valence-corrected chi connectivity index (χ2v) is 6.59. The van der Waals surface area contributed by atoms with Crippen molar-refractivity contribution in [3.63, 3.8) is 0 Å². The van der Waals surface area contributed by atoms with Gasteiger partial charge in [-0.3, -0.25) is 9.59 Å². The second-order valence-electron chi connectivity index (χ2n) is 6.18. The van der Waals surface area contributed by atoms with E-state index in [2.05, 4.69) is 20.1 Å². The highest BCUT2D eigenvalue weighted by Gasteiger charge is 2.13. The molecule has 4 aromatic rings. The molecule has 0 bridgehead atoms. The van der Waals surface area contributed by atoms with Crippen molar-refractivity contribution in [2.45, 2.75) is 19.4 Å². The van der Waals surface area contributed by atoms with E-state index in [1.54, 1.807) is 42.5 Å². The summed E-state index contributed by atoms with van der Waals surface area (Å²) in [6.07, 6.45) is 0.292. The molecular weight excluding hydrogens is 396 g/mol. The minimum atomic E-state index is -0.474. The summed E-state index contributed by atoms with van der Waals surface area (Å²) in [5.74, 6) is 0.424. The van der Waals surface area contributed by atoms with Crippen LogP contribution in [0, 0.1) is 0 Å². The first-order valence-corrected chi connectivity index (χ1v) is 9.19. The maximum absolute atomic E-state index is 12.0. The highest BCUT2D eigenvalue weighted by Crippen LogP contribution is 2.24. The monoisotopic (exact) mass is 410 g/mol. The fraction of sp³-hybridized carbons (Fsp3) is 0.150. The molecule has 2 aromatic carbocycles. The molecule has 0 unspecified atom stereocenters. The molecule has 0 saturated heterocycles. The summed E-state index contributed by atoms with van der Waals surface area (Å²) in [6.45, 7) is -0.155. The molecular formula is C20H15ClN4O4. The van der Waals surface area contributed by atoms with Crippen molar-refractivity contribution in [3.8, 4) is 11.4 Å². The quantitative estimate of drug-likeness (QED) is 0.485. The smallest absolute Gasteiger partial charge is 0.306 e. The number of esters is 1. The maximum Gasteiger partial charge on any atom is 0.306 e. The molecule has 0 fully saturated rings. The highest BCUT2D eigenvalue weighted by molar-refractivity contribution is 6.33. The Morgan fingerprint density at radius 1 is 1.10 bits per heavy atom. The number of ether oxygens (including phenoxy) is 1. The van der Waals surface area contributed by atoms with Crippen LogP contribution in [0.2, 0.25) is 5.02 Å². The zero-order valence-electron chi connectivity index (χ0n) is 15.1. The van der Waals surface area contributed by atoms with Crippen molar-refractivity contribution in [2.24, 2.45) is 0 Å². The van der Waals surface area contributed by atoms with E-state index in [-0.39, 0.29) is 30.9 Å². The lowest BCUT2D eigenvalue weighted by molar-refractivity contribution is -0.145. The minimum absolute atomic E-state index is 0.0484. The number of carbonyl (C=O) groups is 1. The van der Waals surface area contributed by atoms with Crippen LogP contribution in [0.1, 0.15) is 18.1 Å². The lowest BCUT2D eigenvalue weighted by Crippen LogP contribution is -2.14. The summed E-state index contributed by atoms with van der Waals surface area (Å²) in [6, 6.07) is 14.1. The van der Waals surface area contributed by atoms with Crippen LogP contribution in [-0.2, 0) is 22.6 Å². The zero-order chi connectivity index (χ0) is 20.2. The molecule has 0 radical (unpaired) electrons. The minimum Gasteiger partial charge on any atom is -0.456 e. The molecule has 4 rings (SSSR count). The number of nitrogens with one attached hydrogen (secondary N) is 1. The molecule has 0 saturated carbocycles. The number of aromatic nitrogens is 4. The van der Waals surface area contributed by atoms with E-state index in [4.69, 9.17) is 20.9 Å². The van der Waals surface area contributed by atoms with Gasteiger partial charge in [0.2, 0.25) is 5.82 Å². The summed E-state index contributed by atoms with van der Waals surface area (Å²) in [5, 5.41) is 4.84. The summed E-state index contributed by atoms with van der Waals surface area (Å²) >= 11 is 6.10. The molecule has 1 N–H and O–H groups in total. The van der Waals surface area contributed by atoms with Gasteiger partial charge in [0.25, 0.3) is 11.4 Å².